The van der Waals surface area contributed by atoms with E-state index in [0.29, 0.717) is 23.9 Å². The van der Waals surface area contributed by atoms with Crippen LogP contribution in [0.15, 0.2) is 71.6 Å². The first-order valence-corrected chi connectivity index (χ1v) is 11.5. The van der Waals surface area contributed by atoms with E-state index < -0.39 is 15.9 Å². The van der Waals surface area contributed by atoms with Gasteiger partial charge in [-0.2, -0.15) is 0 Å². The van der Waals surface area contributed by atoms with Crippen molar-refractivity contribution in [2.45, 2.75) is 18.4 Å². The number of carbonyl (C=O) groups is 1. The smallest absolute Gasteiger partial charge is 0.261 e. The summed E-state index contributed by atoms with van der Waals surface area (Å²) < 4.78 is 44.1. The quantitative estimate of drug-likeness (QED) is 0.540. The minimum atomic E-state index is -3.89. The van der Waals surface area contributed by atoms with Gasteiger partial charge in [0.1, 0.15) is 5.75 Å². The molecule has 1 aliphatic rings. The minimum absolute atomic E-state index is 0.0662. The van der Waals surface area contributed by atoms with E-state index in [1.807, 2.05) is 13.0 Å². The zero-order valence-corrected chi connectivity index (χ0v) is 18.1. The molecule has 3 aromatic rings. The van der Waals surface area contributed by atoms with Crippen molar-refractivity contribution in [1.29, 1.82) is 0 Å². The van der Waals surface area contributed by atoms with E-state index >= 15 is 0 Å². The summed E-state index contributed by atoms with van der Waals surface area (Å²) in [5.41, 5.74) is 1.22. The molecule has 0 unspecified atom stereocenters. The van der Waals surface area contributed by atoms with Crippen molar-refractivity contribution in [3.05, 3.63) is 77.9 Å². The molecule has 1 heterocycles. The van der Waals surface area contributed by atoms with Crippen molar-refractivity contribution >= 4 is 21.6 Å². The molecule has 0 saturated carbocycles. The number of fused-ring (bicyclic) bond motifs is 1. The van der Waals surface area contributed by atoms with Gasteiger partial charge in [-0.3, -0.25) is 9.52 Å². The van der Waals surface area contributed by atoms with Crippen molar-refractivity contribution in [3.8, 4) is 17.2 Å². The van der Waals surface area contributed by atoms with Crippen LogP contribution in [0.5, 0.6) is 17.2 Å². The van der Waals surface area contributed by atoms with E-state index in [4.69, 9.17) is 14.2 Å². The molecular formula is C23H22N2O6S. The molecule has 9 heteroatoms. The second-order valence-electron chi connectivity index (χ2n) is 6.93. The molecule has 0 aromatic heterocycles. The molecule has 32 heavy (non-hydrogen) atoms. The van der Waals surface area contributed by atoms with Gasteiger partial charge in [0.15, 0.2) is 11.5 Å². The number of ether oxygens (including phenoxy) is 3. The van der Waals surface area contributed by atoms with Crippen molar-refractivity contribution in [3.63, 3.8) is 0 Å². The van der Waals surface area contributed by atoms with Gasteiger partial charge in [-0.1, -0.05) is 18.2 Å². The SMILES string of the molecule is CCOc1ccc(S(=O)(=O)Nc2ccccc2C(=O)NCc2ccc3c(c2)OCO3)cc1. The number of anilines is 1. The highest BCUT2D eigenvalue weighted by Gasteiger charge is 2.19. The third kappa shape index (κ3) is 4.78. The minimum Gasteiger partial charge on any atom is -0.494 e. The van der Waals surface area contributed by atoms with Crippen LogP contribution in [0, 0.1) is 0 Å². The third-order valence-electron chi connectivity index (χ3n) is 4.75. The highest BCUT2D eigenvalue weighted by atomic mass is 32.2. The number of para-hydroxylation sites is 1. The fourth-order valence-electron chi connectivity index (χ4n) is 3.18. The van der Waals surface area contributed by atoms with Gasteiger partial charge in [0.2, 0.25) is 6.79 Å². The second-order valence-corrected chi connectivity index (χ2v) is 8.61. The number of carbonyl (C=O) groups excluding carboxylic acids is 1. The van der Waals surface area contributed by atoms with Crippen LogP contribution in [-0.4, -0.2) is 27.7 Å². The van der Waals surface area contributed by atoms with Crippen LogP contribution in [0.4, 0.5) is 5.69 Å². The molecule has 2 N–H and O–H groups in total. The molecule has 0 spiro atoms. The summed E-state index contributed by atoms with van der Waals surface area (Å²) in [6.07, 6.45) is 0. The number of benzene rings is 3. The highest BCUT2D eigenvalue weighted by Crippen LogP contribution is 2.32. The predicted octanol–water partition coefficient (Wildman–Crippen LogP) is 3.54. The van der Waals surface area contributed by atoms with Crippen LogP contribution in [-0.2, 0) is 16.6 Å². The molecule has 4 rings (SSSR count). The van der Waals surface area contributed by atoms with Gasteiger partial charge in [-0.25, -0.2) is 8.42 Å². The topological polar surface area (TPSA) is 103 Å². The molecule has 0 radical (unpaired) electrons. The standard InChI is InChI=1S/C23H22N2O6S/c1-2-29-17-8-10-18(11-9-17)32(27,28)25-20-6-4-3-5-19(20)23(26)24-14-16-7-12-21-22(13-16)31-15-30-21/h3-13,25H,2,14-15H2,1H3,(H,24,26). The van der Waals surface area contributed by atoms with Crippen molar-refractivity contribution in [2.24, 2.45) is 0 Å². The Kier molecular flexibility index (Phi) is 6.18. The summed E-state index contributed by atoms with van der Waals surface area (Å²) in [5.74, 6) is 1.46. The normalized spacial score (nSPS) is 12.3. The Hall–Kier alpha value is -3.72. The van der Waals surface area contributed by atoms with Crippen LogP contribution in [0.1, 0.15) is 22.8 Å². The molecule has 3 aromatic carbocycles. The van der Waals surface area contributed by atoms with Crippen LogP contribution < -0.4 is 24.2 Å². The van der Waals surface area contributed by atoms with Crippen LogP contribution >= 0.6 is 0 Å². The van der Waals surface area contributed by atoms with Gasteiger partial charge >= 0.3 is 0 Å². The zero-order chi connectivity index (χ0) is 22.6. The lowest BCUT2D eigenvalue weighted by Crippen LogP contribution is -2.25. The molecule has 0 aliphatic carbocycles. The molecule has 166 valence electrons. The molecule has 0 atom stereocenters. The third-order valence-corrected chi connectivity index (χ3v) is 6.13. The first-order chi connectivity index (χ1) is 15.5. The Labute approximate surface area is 186 Å². The lowest BCUT2D eigenvalue weighted by atomic mass is 10.1. The predicted molar refractivity (Wildman–Crippen MR) is 119 cm³/mol. The van der Waals surface area contributed by atoms with E-state index in [9.17, 15) is 13.2 Å². The summed E-state index contributed by atoms with van der Waals surface area (Å²) in [5, 5.41) is 2.81. The monoisotopic (exact) mass is 454 g/mol. The van der Waals surface area contributed by atoms with Gasteiger partial charge in [-0.15, -0.1) is 0 Å². The number of hydrogen-bond donors (Lipinski definition) is 2. The van der Waals surface area contributed by atoms with Gasteiger partial charge in [-0.05, 0) is 61.0 Å². The van der Waals surface area contributed by atoms with Gasteiger partial charge in [0.05, 0.1) is 22.8 Å². The lowest BCUT2D eigenvalue weighted by molar-refractivity contribution is 0.0951. The van der Waals surface area contributed by atoms with E-state index in [1.54, 1.807) is 48.5 Å². The van der Waals surface area contributed by atoms with Crippen molar-refractivity contribution in [2.75, 3.05) is 18.1 Å². The second kappa shape index (κ2) is 9.19. The average Bonchev–Trinajstić information content (AvgIpc) is 3.26. The van der Waals surface area contributed by atoms with Crippen molar-refractivity contribution < 1.29 is 27.4 Å². The van der Waals surface area contributed by atoms with Crippen molar-refractivity contribution in [1.82, 2.24) is 5.32 Å². The molecule has 0 fully saturated rings. The zero-order valence-electron chi connectivity index (χ0n) is 17.3. The summed E-state index contributed by atoms with van der Waals surface area (Å²) in [4.78, 5) is 12.9. The first-order valence-electron chi connectivity index (χ1n) is 9.98. The van der Waals surface area contributed by atoms with Crippen LogP contribution in [0.25, 0.3) is 0 Å². The fraction of sp³-hybridized carbons (Fsp3) is 0.174. The number of rotatable bonds is 8. The number of amides is 1. The lowest BCUT2D eigenvalue weighted by Gasteiger charge is -2.13. The molecular weight excluding hydrogens is 432 g/mol. The number of sulfonamides is 1. The Morgan fingerprint density at radius 2 is 1.75 bits per heavy atom. The molecule has 0 bridgehead atoms. The van der Waals surface area contributed by atoms with Gasteiger partial charge in [0.25, 0.3) is 15.9 Å². The summed E-state index contributed by atoms with van der Waals surface area (Å²) in [6, 6.07) is 17.9. The number of hydrogen-bond acceptors (Lipinski definition) is 6. The largest absolute Gasteiger partial charge is 0.494 e. The molecule has 1 amide bonds. The van der Waals surface area contributed by atoms with Crippen LogP contribution in [0.3, 0.4) is 0 Å². The Morgan fingerprint density at radius 3 is 2.53 bits per heavy atom. The Bertz CT molecular complexity index is 1230. The summed E-state index contributed by atoms with van der Waals surface area (Å²) in [7, 11) is -3.89. The Balaban J connectivity index is 1.47. The summed E-state index contributed by atoms with van der Waals surface area (Å²) >= 11 is 0. The van der Waals surface area contributed by atoms with Crippen LogP contribution in [0.2, 0.25) is 0 Å². The van der Waals surface area contributed by atoms with Gasteiger partial charge in [0, 0.05) is 6.54 Å². The molecule has 0 saturated heterocycles. The highest BCUT2D eigenvalue weighted by molar-refractivity contribution is 7.92. The maximum Gasteiger partial charge on any atom is 0.261 e. The summed E-state index contributed by atoms with van der Waals surface area (Å²) in [6.45, 7) is 2.75. The van der Waals surface area contributed by atoms with E-state index in [2.05, 4.69) is 10.0 Å². The van der Waals surface area contributed by atoms with Gasteiger partial charge < -0.3 is 19.5 Å². The number of nitrogens with one attached hydrogen (secondary N) is 2. The molecule has 8 nitrogen and oxygen atoms in total. The molecule has 1 aliphatic heterocycles. The van der Waals surface area contributed by atoms with E-state index in [0.717, 1.165) is 5.56 Å². The maximum atomic E-state index is 12.8. The average molecular weight is 455 g/mol. The maximum absolute atomic E-state index is 12.8. The fourth-order valence-corrected chi connectivity index (χ4v) is 4.26. The van der Waals surface area contributed by atoms with E-state index in [1.165, 1.54) is 12.1 Å². The van der Waals surface area contributed by atoms with E-state index in [-0.39, 0.29) is 29.5 Å². The Morgan fingerprint density at radius 1 is 1.00 bits per heavy atom. The first kappa shape index (κ1) is 21.5.